The van der Waals surface area contributed by atoms with Gasteiger partial charge in [-0.3, -0.25) is 9.69 Å². The van der Waals surface area contributed by atoms with Gasteiger partial charge in [0.25, 0.3) is 0 Å². The molecule has 2 aliphatic heterocycles. The molecular weight excluding hydrogens is 491 g/mol. The number of halogens is 3. The lowest BCUT2D eigenvalue weighted by Gasteiger charge is -2.23. The van der Waals surface area contributed by atoms with Crippen molar-refractivity contribution in [1.82, 2.24) is 14.9 Å². The Bertz CT molecular complexity index is 1250. The third-order valence-electron chi connectivity index (χ3n) is 7.64. The van der Waals surface area contributed by atoms with Gasteiger partial charge < -0.3 is 14.5 Å². The van der Waals surface area contributed by atoms with Gasteiger partial charge in [-0.25, -0.2) is 4.98 Å². The third-order valence-corrected chi connectivity index (χ3v) is 8.69. The van der Waals surface area contributed by atoms with Gasteiger partial charge in [0.2, 0.25) is 0 Å². The van der Waals surface area contributed by atoms with Gasteiger partial charge in [-0.15, -0.1) is 11.3 Å². The maximum atomic E-state index is 13.4. The third kappa shape index (κ3) is 4.71. The first-order valence-corrected chi connectivity index (χ1v) is 13.3. The molecule has 192 valence electrons. The largest absolute Gasteiger partial charge is 0.418 e. The van der Waals surface area contributed by atoms with Crippen LogP contribution in [0.5, 0.6) is 0 Å². The number of nitrogens with one attached hydrogen (secondary N) is 1. The smallest absolute Gasteiger partial charge is 0.380 e. The minimum Gasteiger partial charge on any atom is -0.380 e. The lowest BCUT2D eigenvalue weighted by molar-refractivity contribution is -0.136. The van der Waals surface area contributed by atoms with Crippen molar-refractivity contribution in [2.75, 3.05) is 26.3 Å². The maximum absolute atomic E-state index is 13.4. The molecule has 0 saturated carbocycles. The summed E-state index contributed by atoms with van der Waals surface area (Å²) in [5.41, 5.74) is 0.711. The van der Waals surface area contributed by atoms with E-state index in [4.69, 9.17) is 9.47 Å². The highest BCUT2D eigenvalue weighted by Gasteiger charge is 2.41. The number of nitrogens with zero attached hydrogens (tertiary/aromatic N) is 2. The molecule has 3 aromatic rings. The monoisotopic (exact) mass is 519 g/mol. The number of fused-ring (bicyclic) bond motifs is 2. The van der Waals surface area contributed by atoms with Crippen molar-refractivity contribution in [3.05, 3.63) is 51.5 Å². The molecule has 0 radical (unpaired) electrons. The molecular formula is C26H28F3N3O3S. The van der Waals surface area contributed by atoms with Crippen LogP contribution in [0.1, 0.15) is 47.2 Å². The Balaban J connectivity index is 1.16. The molecule has 4 heterocycles. The number of para-hydroxylation sites is 1. The van der Waals surface area contributed by atoms with Crippen molar-refractivity contribution in [2.24, 2.45) is 5.92 Å². The summed E-state index contributed by atoms with van der Waals surface area (Å²) >= 11 is 1.73. The second-order valence-corrected chi connectivity index (χ2v) is 11.0. The van der Waals surface area contributed by atoms with Crippen LogP contribution in [-0.2, 0) is 33.3 Å². The topological polar surface area (TPSA) is 67.5 Å². The van der Waals surface area contributed by atoms with Crippen LogP contribution in [0, 0.1) is 5.92 Å². The highest BCUT2D eigenvalue weighted by Crippen LogP contribution is 2.41. The second-order valence-electron chi connectivity index (χ2n) is 10.0. The molecule has 1 aromatic carbocycles. The number of ketones is 1. The number of benzene rings is 1. The summed E-state index contributed by atoms with van der Waals surface area (Å²) in [6, 6.07) is 6.41. The van der Waals surface area contributed by atoms with Crippen LogP contribution in [0.2, 0.25) is 0 Å². The van der Waals surface area contributed by atoms with Gasteiger partial charge in [0.1, 0.15) is 17.1 Å². The van der Waals surface area contributed by atoms with Crippen molar-refractivity contribution >= 4 is 28.2 Å². The molecule has 4 atom stereocenters. The van der Waals surface area contributed by atoms with Crippen LogP contribution in [-0.4, -0.2) is 59.1 Å². The summed E-state index contributed by atoms with van der Waals surface area (Å²) in [7, 11) is 0. The predicted molar refractivity (Wildman–Crippen MR) is 129 cm³/mol. The highest BCUT2D eigenvalue weighted by atomic mass is 32.1. The van der Waals surface area contributed by atoms with E-state index in [9.17, 15) is 18.0 Å². The Morgan fingerprint density at radius 3 is 2.94 bits per heavy atom. The van der Waals surface area contributed by atoms with Gasteiger partial charge in [-0.2, -0.15) is 13.2 Å². The molecule has 2 saturated heterocycles. The summed E-state index contributed by atoms with van der Waals surface area (Å²) in [6.07, 6.45) is -1.26. The van der Waals surface area contributed by atoms with Gasteiger partial charge >= 0.3 is 6.18 Å². The Morgan fingerprint density at radius 2 is 2.14 bits per heavy atom. The molecule has 0 amide bonds. The average Bonchev–Trinajstić information content (AvgIpc) is 3.63. The molecule has 1 aliphatic carbocycles. The van der Waals surface area contributed by atoms with Crippen molar-refractivity contribution in [3.63, 3.8) is 0 Å². The summed E-state index contributed by atoms with van der Waals surface area (Å²) in [4.78, 5) is 23.8. The summed E-state index contributed by atoms with van der Waals surface area (Å²) in [6.45, 7) is 2.98. The van der Waals surface area contributed by atoms with Crippen LogP contribution >= 0.6 is 11.3 Å². The molecule has 3 aliphatic rings. The fraction of sp³-hybridized carbons (Fsp3) is 0.538. The summed E-state index contributed by atoms with van der Waals surface area (Å²) in [5.74, 6) is 0.244. The second kappa shape index (κ2) is 9.55. The van der Waals surface area contributed by atoms with E-state index in [1.54, 1.807) is 17.4 Å². The number of thiophene rings is 1. The van der Waals surface area contributed by atoms with E-state index in [-0.39, 0.29) is 47.2 Å². The molecule has 0 spiro atoms. The molecule has 6 nitrogen and oxygen atoms in total. The van der Waals surface area contributed by atoms with Crippen LogP contribution in [0.25, 0.3) is 11.0 Å². The Hall–Kier alpha value is -2.27. The average molecular weight is 520 g/mol. The minimum absolute atomic E-state index is 0.0252. The number of carbonyl (C=O) groups is 1. The van der Waals surface area contributed by atoms with E-state index in [1.807, 2.05) is 0 Å². The molecule has 2 aromatic heterocycles. The number of H-pyrrole nitrogens is 1. The minimum atomic E-state index is -4.50. The molecule has 36 heavy (non-hydrogen) atoms. The number of hydrogen-bond acceptors (Lipinski definition) is 6. The van der Waals surface area contributed by atoms with Crippen LogP contribution < -0.4 is 0 Å². The maximum Gasteiger partial charge on any atom is 0.418 e. The zero-order chi connectivity index (χ0) is 24.9. The Kier molecular flexibility index (Phi) is 6.39. The van der Waals surface area contributed by atoms with E-state index in [2.05, 4.69) is 26.3 Å². The van der Waals surface area contributed by atoms with Crippen molar-refractivity contribution < 1.29 is 27.4 Å². The molecule has 0 bridgehead atoms. The molecule has 2 fully saturated rings. The number of hydrogen-bond donors (Lipinski definition) is 1. The first-order valence-electron chi connectivity index (χ1n) is 12.4. The number of likely N-dealkylation sites (tertiary alicyclic amines) is 1. The van der Waals surface area contributed by atoms with E-state index in [1.165, 1.54) is 16.5 Å². The predicted octanol–water partition coefficient (Wildman–Crippen LogP) is 4.94. The summed E-state index contributed by atoms with van der Waals surface area (Å²) in [5, 5.41) is 2.11. The van der Waals surface area contributed by atoms with Crippen LogP contribution in [0.4, 0.5) is 13.2 Å². The van der Waals surface area contributed by atoms with E-state index in [0.29, 0.717) is 19.1 Å². The number of Topliss-reactive ketones (excluding diaryl/α,β-unsaturated/α-hetero) is 1. The molecule has 6 rings (SSSR count). The molecule has 3 unspecified atom stereocenters. The zero-order valence-electron chi connectivity index (χ0n) is 19.7. The first-order chi connectivity index (χ1) is 17.3. The number of carbonyl (C=O) groups excluding carboxylic acids is 1. The molecule has 10 heteroatoms. The van der Waals surface area contributed by atoms with Gasteiger partial charge in [-0.05, 0) is 48.4 Å². The normalized spacial score (nSPS) is 26.8. The fourth-order valence-corrected chi connectivity index (χ4v) is 6.90. The number of aromatic nitrogens is 2. The lowest BCUT2D eigenvalue weighted by Crippen LogP contribution is -2.34. The van der Waals surface area contributed by atoms with Gasteiger partial charge in [0.15, 0.2) is 0 Å². The quantitative estimate of drug-likeness (QED) is 0.479. The van der Waals surface area contributed by atoms with E-state index >= 15 is 0 Å². The number of ether oxygens (including phenoxy) is 2. The highest BCUT2D eigenvalue weighted by molar-refractivity contribution is 7.10. The van der Waals surface area contributed by atoms with Crippen molar-refractivity contribution in [2.45, 2.75) is 56.5 Å². The standard InChI is InChI=1S/C26H28F3N3O3S/c27-26(28,29)19-2-1-3-20-24(19)31-23(30-20)11-18(33)10-16-12-32(17-6-8-34-14-17)13-22(16)35-21-5-4-15-7-9-36-25(15)21/h1-3,7,9,16-17,21-22H,4-6,8,10-14H2,(H,30,31)/t16?,17?,21?,22-/m0/s1. The SMILES string of the molecule is O=C(Cc1nc2c(C(F)(F)F)cccc2[nH]1)CC1CN(C2CCOC2)C[C@@H]1OC1CCc2ccsc21. The first kappa shape index (κ1) is 24.1. The number of rotatable bonds is 7. The number of aromatic amines is 1. The Morgan fingerprint density at radius 1 is 1.25 bits per heavy atom. The van der Waals surface area contributed by atoms with Gasteiger partial charge in [0, 0.05) is 43.0 Å². The van der Waals surface area contributed by atoms with Crippen LogP contribution in [0.15, 0.2) is 29.6 Å². The van der Waals surface area contributed by atoms with Gasteiger partial charge in [-0.1, -0.05) is 6.07 Å². The number of aryl methyl sites for hydroxylation is 1. The summed E-state index contributed by atoms with van der Waals surface area (Å²) < 4.78 is 52.3. The number of imidazole rings is 1. The van der Waals surface area contributed by atoms with Crippen molar-refractivity contribution in [3.8, 4) is 0 Å². The van der Waals surface area contributed by atoms with Gasteiger partial charge in [0.05, 0.1) is 36.3 Å². The molecule has 1 N–H and O–H groups in total. The van der Waals surface area contributed by atoms with Crippen molar-refractivity contribution in [1.29, 1.82) is 0 Å². The Labute approximate surface area is 210 Å². The zero-order valence-corrected chi connectivity index (χ0v) is 20.5. The lowest BCUT2D eigenvalue weighted by atomic mass is 9.97. The van der Waals surface area contributed by atoms with Crippen LogP contribution in [0.3, 0.4) is 0 Å². The van der Waals surface area contributed by atoms with E-state index in [0.717, 1.165) is 45.0 Å². The van der Waals surface area contributed by atoms with E-state index < -0.39 is 11.7 Å². The fourth-order valence-electron chi connectivity index (χ4n) is 5.87. The number of alkyl halides is 3.